The fourth-order valence-corrected chi connectivity index (χ4v) is 3.27. The van der Waals surface area contributed by atoms with E-state index >= 15 is 0 Å². The summed E-state index contributed by atoms with van der Waals surface area (Å²) >= 11 is 0. The Morgan fingerprint density at radius 2 is 1.81 bits per heavy atom. The van der Waals surface area contributed by atoms with Crippen LogP contribution in [0.5, 0.6) is 0 Å². The van der Waals surface area contributed by atoms with Crippen LogP contribution in [0.15, 0.2) is 30.3 Å². The van der Waals surface area contributed by atoms with Crippen molar-refractivity contribution in [2.24, 2.45) is 5.92 Å². The van der Waals surface area contributed by atoms with Gasteiger partial charge in [-0.15, -0.1) is 0 Å². The largest absolute Gasteiger partial charge is 0.468 e. The van der Waals surface area contributed by atoms with Crippen LogP contribution in [-0.2, 0) is 25.7 Å². The Morgan fingerprint density at radius 3 is 2.46 bits per heavy atom. The smallest absolute Gasteiger partial charge is 0.325 e. The molecule has 26 heavy (non-hydrogen) atoms. The molecular formula is C20H28N2O4. The van der Waals surface area contributed by atoms with Crippen molar-refractivity contribution in [3.8, 4) is 0 Å². The molecule has 0 spiro atoms. The fourth-order valence-electron chi connectivity index (χ4n) is 3.27. The molecule has 1 saturated carbocycles. The van der Waals surface area contributed by atoms with Crippen LogP contribution in [-0.4, -0.2) is 42.9 Å². The van der Waals surface area contributed by atoms with E-state index in [1.165, 1.54) is 31.3 Å². The molecule has 0 unspecified atom stereocenters. The van der Waals surface area contributed by atoms with Gasteiger partial charge < -0.3 is 15.0 Å². The van der Waals surface area contributed by atoms with Crippen molar-refractivity contribution in [2.45, 2.75) is 45.1 Å². The molecule has 6 nitrogen and oxygen atoms in total. The molecule has 0 atom stereocenters. The van der Waals surface area contributed by atoms with Gasteiger partial charge in [-0.3, -0.25) is 14.4 Å². The lowest BCUT2D eigenvalue weighted by Gasteiger charge is -2.23. The van der Waals surface area contributed by atoms with Gasteiger partial charge in [0.1, 0.15) is 6.54 Å². The van der Waals surface area contributed by atoms with Crippen molar-refractivity contribution in [1.29, 1.82) is 0 Å². The molecule has 142 valence electrons. The van der Waals surface area contributed by atoms with Gasteiger partial charge >= 0.3 is 5.97 Å². The average Bonchev–Trinajstić information content (AvgIpc) is 2.67. The predicted octanol–water partition coefficient (Wildman–Crippen LogP) is 2.27. The lowest BCUT2D eigenvalue weighted by Crippen LogP contribution is -2.42. The molecule has 0 aliphatic heterocycles. The highest BCUT2D eigenvalue weighted by atomic mass is 16.5. The fraction of sp³-hybridized carbons (Fsp3) is 0.550. The zero-order valence-electron chi connectivity index (χ0n) is 15.4. The van der Waals surface area contributed by atoms with E-state index in [1.54, 1.807) is 0 Å². The molecule has 1 aromatic carbocycles. The number of methoxy groups -OCH3 is 1. The standard InChI is InChI=1S/C20H28N2O4/c1-26-20(25)15-22(14-17-10-6-3-7-11-17)19(24)13-21-18(23)12-16-8-4-2-5-9-16/h3,6-7,10-11,16H,2,4-5,8-9,12-15H2,1H3,(H,21,23). The molecule has 0 heterocycles. The summed E-state index contributed by atoms with van der Waals surface area (Å²) in [7, 11) is 1.29. The van der Waals surface area contributed by atoms with Gasteiger partial charge in [0, 0.05) is 13.0 Å². The summed E-state index contributed by atoms with van der Waals surface area (Å²) in [6, 6.07) is 9.42. The van der Waals surface area contributed by atoms with Crippen LogP contribution in [0.4, 0.5) is 0 Å². The lowest BCUT2D eigenvalue weighted by molar-refractivity contribution is -0.147. The predicted molar refractivity (Wildman–Crippen MR) is 98.1 cm³/mol. The van der Waals surface area contributed by atoms with Crippen LogP contribution in [0.25, 0.3) is 0 Å². The van der Waals surface area contributed by atoms with Gasteiger partial charge in [0.05, 0.1) is 13.7 Å². The van der Waals surface area contributed by atoms with E-state index in [0.717, 1.165) is 18.4 Å². The number of benzene rings is 1. The van der Waals surface area contributed by atoms with Crippen LogP contribution in [0.2, 0.25) is 0 Å². The third kappa shape index (κ3) is 6.86. The summed E-state index contributed by atoms with van der Waals surface area (Å²) in [5, 5.41) is 2.70. The highest BCUT2D eigenvalue weighted by molar-refractivity contribution is 5.87. The zero-order valence-corrected chi connectivity index (χ0v) is 15.4. The molecule has 0 aromatic heterocycles. The second-order valence-electron chi connectivity index (χ2n) is 6.80. The number of esters is 1. The Hall–Kier alpha value is -2.37. The third-order valence-electron chi connectivity index (χ3n) is 4.75. The van der Waals surface area contributed by atoms with Gasteiger partial charge in [0.15, 0.2) is 0 Å². The molecule has 1 aromatic rings. The van der Waals surface area contributed by atoms with Gasteiger partial charge in [-0.05, 0) is 24.3 Å². The van der Waals surface area contributed by atoms with Gasteiger partial charge in [-0.25, -0.2) is 0 Å². The maximum absolute atomic E-state index is 12.5. The highest BCUT2D eigenvalue weighted by Crippen LogP contribution is 2.25. The van der Waals surface area contributed by atoms with Crippen molar-refractivity contribution in [3.05, 3.63) is 35.9 Å². The maximum atomic E-state index is 12.5. The molecular weight excluding hydrogens is 332 g/mol. The first-order chi connectivity index (χ1) is 12.6. The van der Waals surface area contributed by atoms with E-state index in [9.17, 15) is 14.4 Å². The van der Waals surface area contributed by atoms with E-state index in [2.05, 4.69) is 10.1 Å². The topological polar surface area (TPSA) is 75.7 Å². The van der Waals surface area contributed by atoms with Gasteiger partial charge in [-0.2, -0.15) is 0 Å². The Kier molecular flexibility index (Phi) is 8.12. The highest BCUT2D eigenvalue weighted by Gasteiger charge is 2.20. The number of carbonyl (C=O) groups excluding carboxylic acids is 3. The first-order valence-electron chi connectivity index (χ1n) is 9.23. The summed E-state index contributed by atoms with van der Waals surface area (Å²) in [5.74, 6) is -0.448. The first-order valence-corrected chi connectivity index (χ1v) is 9.23. The molecule has 1 aliphatic carbocycles. The van der Waals surface area contributed by atoms with Crippen LogP contribution < -0.4 is 5.32 Å². The van der Waals surface area contributed by atoms with E-state index < -0.39 is 5.97 Å². The third-order valence-corrected chi connectivity index (χ3v) is 4.75. The number of carbonyl (C=O) groups is 3. The first kappa shape index (κ1) is 19.9. The normalized spacial score (nSPS) is 14.5. The summed E-state index contributed by atoms with van der Waals surface area (Å²) in [6.45, 7) is 0.0609. The quantitative estimate of drug-likeness (QED) is 0.722. The lowest BCUT2D eigenvalue weighted by atomic mass is 9.87. The Morgan fingerprint density at radius 1 is 1.12 bits per heavy atom. The molecule has 0 saturated heterocycles. The molecule has 2 rings (SSSR count). The number of nitrogens with one attached hydrogen (secondary N) is 1. The van der Waals surface area contributed by atoms with E-state index in [-0.39, 0.29) is 24.9 Å². The minimum atomic E-state index is -0.484. The van der Waals surface area contributed by atoms with Crippen molar-refractivity contribution in [2.75, 3.05) is 20.2 Å². The van der Waals surface area contributed by atoms with Crippen molar-refractivity contribution < 1.29 is 19.1 Å². The number of rotatable bonds is 8. The molecule has 0 bridgehead atoms. The number of amides is 2. The van der Waals surface area contributed by atoms with Crippen LogP contribution in [0, 0.1) is 5.92 Å². The molecule has 1 fully saturated rings. The SMILES string of the molecule is COC(=O)CN(Cc1ccccc1)C(=O)CNC(=O)CC1CCCCC1. The van der Waals surface area contributed by atoms with Gasteiger partial charge in [0.2, 0.25) is 11.8 Å². The van der Waals surface area contributed by atoms with Gasteiger partial charge in [0.25, 0.3) is 0 Å². The van der Waals surface area contributed by atoms with Crippen LogP contribution in [0.3, 0.4) is 0 Å². The summed E-state index contributed by atoms with van der Waals surface area (Å²) < 4.78 is 4.67. The number of nitrogens with zero attached hydrogens (tertiary/aromatic N) is 1. The minimum Gasteiger partial charge on any atom is -0.468 e. The minimum absolute atomic E-state index is 0.0945. The average molecular weight is 360 g/mol. The summed E-state index contributed by atoms with van der Waals surface area (Å²) in [5.41, 5.74) is 0.915. The number of hydrogen-bond donors (Lipinski definition) is 1. The molecule has 1 aliphatic rings. The van der Waals surface area contributed by atoms with E-state index in [4.69, 9.17) is 0 Å². The second kappa shape index (κ2) is 10.6. The molecule has 0 radical (unpaired) electrons. The van der Waals surface area contributed by atoms with Crippen molar-refractivity contribution in [1.82, 2.24) is 10.2 Å². The molecule has 1 N–H and O–H groups in total. The van der Waals surface area contributed by atoms with E-state index in [0.29, 0.717) is 18.9 Å². The Bertz CT molecular complexity index is 597. The monoisotopic (exact) mass is 360 g/mol. The van der Waals surface area contributed by atoms with Crippen molar-refractivity contribution in [3.63, 3.8) is 0 Å². The van der Waals surface area contributed by atoms with E-state index in [1.807, 2.05) is 30.3 Å². The zero-order chi connectivity index (χ0) is 18.8. The van der Waals surface area contributed by atoms with Crippen LogP contribution in [0.1, 0.15) is 44.1 Å². The van der Waals surface area contributed by atoms with Crippen molar-refractivity contribution >= 4 is 17.8 Å². The molecule has 6 heteroatoms. The van der Waals surface area contributed by atoms with Crippen LogP contribution >= 0.6 is 0 Å². The molecule has 2 amide bonds. The number of hydrogen-bond acceptors (Lipinski definition) is 4. The second-order valence-corrected chi connectivity index (χ2v) is 6.80. The van der Waals surface area contributed by atoms with Gasteiger partial charge in [-0.1, -0.05) is 49.6 Å². The number of ether oxygens (including phenoxy) is 1. The Labute approximate surface area is 154 Å². The maximum Gasteiger partial charge on any atom is 0.325 e. The summed E-state index contributed by atoms with van der Waals surface area (Å²) in [4.78, 5) is 37.6. The Balaban J connectivity index is 1.86. The summed E-state index contributed by atoms with van der Waals surface area (Å²) in [6.07, 6.45) is 6.26.